The molecule has 0 heterocycles. The van der Waals surface area contributed by atoms with Gasteiger partial charge in [0, 0.05) is 16.6 Å². The second-order valence-electron chi connectivity index (χ2n) is 9.22. The quantitative estimate of drug-likeness (QED) is 0.173. The topological polar surface area (TPSA) is 84.5 Å². The van der Waals surface area contributed by atoms with E-state index in [0.29, 0.717) is 17.8 Å². The van der Waals surface area contributed by atoms with Gasteiger partial charge in [-0.3, -0.25) is 9.59 Å². The van der Waals surface area contributed by atoms with Crippen molar-refractivity contribution < 1.29 is 19.1 Å². The minimum Gasteiger partial charge on any atom is -0.452 e. The number of carbonyl (C=O) groups is 3. The Bertz CT molecular complexity index is 999. The van der Waals surface area contributed by atoms with Crippen molar-refractivity contribution in [3.63, 3.8) is 0 Å². The summed E-state index contributed by atoms with van der Waals surface area (Å²) in [4.78, 5) is 37.3. The van der Waals surface area contributed by atoms with E-state index in [-0.39, 0.29) is 11.5 Å². The minimum absolute atomic E-state index is 0.128. The van der Waals surface area contributed by atoms with Gasteiger partial charge in [0.15, 0.2) is 6.61 Å². The Morgan fingerprint density at radius 2 is 1.39 bits per heavy atom. The molecule has 0 saturated heterocycles. The highest BCUT2D eigenvalue weighted by Gasteiger charge is 2.16. The molecule has 36 heavy (non-hydrogen) atoms. The van der Waals surface area contributed by atoms with Gasteiger partial charge in [0.05, 0.1) is 11.3 Å². The summed E-state index contributed by atoms with van der Waals surface area (Å²) in [5.41, 5.74) is 3.24. The van der Waals surface area contributed by atoms with Gasteiger partial charge in [-0.1, -0.05) is 86.4 Å². The van der Waals surface area contributed by atoms with E-state index < -0.39 is 18.5 Å². The third kappa shape index (κ3) is 10.5. The average Bonchev–Trinajstić information content (AvgIpc) is 2.85. The van der Waals surface area contributed by atoms with Gasteiger partial charge in [-0.05, 0) is 55.7 Å². The van der Waals surface area contributed by atoms with Gasteiger partial charge in [-0.15, -0.1) is 0 Å². The molecule has 0 unspecified atom stereocenters. The second kappa shape index (κ2) is 16.1. The first-order valence-electron chi connectivity index (χ1n) is 12.9. The van der Waals surface area contributed by atoms with Crippen LogP contribution >= 0.6 is 15.9 Å². The van der Waals surface area contributed by atoms with E-state index in [1.165, 1.54) is 38.5 Å². The van der Waals surface area contributed by atoms with Crippen LogP contribution in [0.3, 0.4) is 0 Å². The molecular weight excluding hydrogens is 520 g/mol. The lowest BCUT2D eigenvalue weighted by molar-refractivity contribution is -0.119. The molecule has 0 atom stereocenters. The third-order valence-electron chi connectivity index (χ3n) is 5.98. The van der Waals surface area contributed by atoms with E-state index in [0.717, 1.165) is 34.9 Å². The molecule has 7 heteroatoms. The third-order valence-corrected chi connectivity index (χ3v) is 7.23. The normalized spacial score (nSPS) is 10.7. The Kier molecular flexibility index (Phi) is 13.3. The fraction of sp³-hybridized carbons (Fsp3) is 0.483. The summed E-state index contributed by atoms with van der Waals surface area (Å²) < 4.78 is 6.21. The number of nitrogens with one attached hydrogen (secondary N) is 2. The maximum atomic E-state index is 12.6. The molecule has 0 aliphatic rings. The van der Waals surface area contributed by atoms with E-state index >= 15 is 0 Å². The zero-order valence-electron chi connectivity index (χ0n) is 21.8. The van der Waals surface area contributed by atoms with Gasteiger partial charge in [0.1, 0.15) is 0 Å². The van der Waals surface area contributed by atoms with Crippen molar-refractivity contribution in [1.29, 1.82) is 0 Å². The lowest BCUT2D eigenvalue weighted by Gasteiger charge is -2.12. The van der Waals surface area contributed by atoms with Gasteiger partial charge < -0.3 is 15.4 Å². The van der Waals surface area contributed by atoms with Crippen LogP contribution < -0.4 is 10.6 Å². The second-order valence-corrected chi connectivity index (χ2v) is 10.0. The molecule has 0 aromatic heterocycles. The van der Waals surface area contributed by atoms with Gasteiger partial charge in [-0.25, -0.2) is 4.79 Å². The molecule has 0 saturated carbocycles. The SMILES string of the molecule is CCCCCCCCCCCC(=O)Nc1ccccc1C(=O)OCC(=O)Nc1cc(C)c(Br)c(C)c1. The number of para-hydroxylation sites is 1. The number of aryl methyl sites for hydroxylation is 2. The number of ether oxygens (including phenoxy) is 1. The molecule has 0 aliphatic heterocycles. The molecule has 6 nitrogen and oxygen atoms in total. The number of unbranched alkanes of at least 4 members (excludes halogenated alkanes) is 8. The van der Waals surface area contributed by atoms with Crippen LogP contribution in [0.1, 0.15) is 92.6 Å². The number of carbonyl (C=O) groups excluding carboxylic acids is 3. The smallest absolute Gasteiger partial charge is 0.340 e. The van der Waals surface area contributed by atoms with Gasteiger partial charge in [0.25, 0.3) is 5.91 Å². The number of esters is 1. The van der Waals surface area contributed by atoms with Crippen molar-refractivity contribution in [2.45, 2.75) is 85.0 Å². The van der Waals surface area contributed by atoms with E-state index in [4.69, 9.17) is 4.74 Å². The highest BCUT2D eigenvalue weighted by Crippen LogP contribution is 2.25. The first-order valence-corrected chi connectivity index (χ1v) is 13.7. The van der Waals surface area contributed by atoms with Crippen molar-refractivity contribution in [2.24, 2.45) is 0 Å². The minimum atomic E-state index is -0.660. The fourth-order valence-corrected chi connectivity index (χ4v) is 4.23. The van der Waals surface area contributed by atoms with Gasteiger partial charge in [-0.2, -0.15) is 0 Å². The molecule has 196 valence electrons. The average molecular weight is 560 g/mol. The van der Waals surface area contributed by atoms with Crippen LogP contribution in [0.5, 0.6) is 0 Å². The summed E-state index contributed by atoms with van der Waals surface area (Å²) in [6, 6.07) is 10.4. The first kappa shape index (κ1) is 29.6. The van der Waals surface area contributed by atoms with Crippen molar-refractivity contribution >= 4 is 45.1 Å². The molecule has 0 spiro atoms. The van der Waals surface area contributed by atoms with Crippen LogP contribution in [0, 0.1) is 13.8 Å². The maximum absolute atomic E-state index is 12.6. The summed E-state index contributed by atoms with van der Waals surface area (Å²) >= 11 is 3.50. The zero-order chi connectivity index (χ0) is 26.3. The summed E-state index contributed by atoms with van der Waals surface area (Å²) in [5, 5.41) is 5.56. The molecule has 2 N–H and O–H groups in total. The number of benzene rings is 2. The lowest BCUT2D eigenvalue weighted by Crippen LogP contribution is -2.22. The highest BCUT2D eigenvalue weighted by molar-refractivity contribution is 9.10. The summed E-state index contributed by atoms with van der Waals surface area (Å²) in [5.74, 6) is -1.22. The van der Waals surface area contributed by atoms with Gasteiger partial charge in [0.2, 0.25) is 5.91 Å². The Hall–Kier alpha value is -2.67. The number of anilines is 2. The summed E-state index contributed by atoms with van der Waals surface area (Å²) in [6.45, 7) is 5.67. The molecular formula is C29H39BrN2O4. The monoisotopic (exact) mass is 558 g/mol. The summed E-state index contributed by atoms with van der Waals surface area (Å²) in [6.07, 6.45) is 11.1. The Morgan fingerprint density at radius 1 is 0.806 bits per heavy atom. The molecule has 2 amide bonds. The standard InChI is InChI=1S/C29H39BrN2O4/c1-4-5-6-7-8-9-10-11-12-17-26(33)32-25-16-14-13-15-24(25)29(35)36-20-27(34)31-23-18-21(2)28(30)22(3)19-23/h13-16,18-19H,4-12,17,20H2,1-3H3,(H,31,34)(H,32,33). The molecule has 0 aliphatic carbocycles. The Balaban J connectivity index is 1.76. The Morgan fingerprint density at radius 3 is 2.03 bits per heavy atom. The number of halogens is 1. The highest BCUT2D eigenvalue weighted by atomic mass is 79.9. The number of hydrogen-bond acceptors (Lipinski definition) is 4. The van der Waals surface area contributed by atoms with Crippen molar-refractivity contribution in [3.05, 3.63) is 57.6 Å². The van der Waals surface area contributed by atoms with Crippen LogP contribution in [0.2, 0.25) is 0 Å². The molecule has 2 aromatic rings. The van der Waals surface area contributed by atoms with Crippen LogP contribution in [0.4, 0.5) is 11.4 Å². The fourth-order valence-electron chi connectivity index (χ4n) is 4.00. The largest absolute Gasteiger partial charge is 0.452 e. The lowest BCUT2D eigenvalue weighted by atomic mass is 10.1. The maximum Gasteiger partial charge on any atom is 0.340 e. The van der Waals surface area contributed by atoms with Gasteiger partial charge >= 0.3 is 5.97 Å². The van der Waals surface area contributed by atoms with Crippen molar-refractivity contribution in [2.75, 3.05) is 17.2 Å². The molecule has 0 fully saturated rings. The van der Waals surface area contributed by atoms with Crippen LogP contribution in [-0.4, -0.2) is 24.4 Å². The number of rotatable bonds is 15. The van der Waals surface area contributed by atoms with Crippen LogP contribution in [0.25, 0.3) is 0 Å². The van der Waals surface area contributed by atoms with Crippen molar-refractivity contribution in [1.82, 2.24) is 0 Å². The van der Waals surface area contributed by atoms with Crippen molar-refractivity contribution in [3.8, 4) is 0 Å². The predicted octanol–water partition coefficient (Wildman–Crippen LogP) is 7.72. The molecule has 2 rings (SSSR count). The Labute approximate surface area is 223 Å². The molecule has 2 aromatic carbocycles. The number of hydrogen-bond donors (Lipinski definition) is 2. The number of amides is 2. The first-order chi connectivity index (χ1) is 17.3. The molecule has 0 radical (unpaired) electrons. The van der Waals surface area contributed by atoms with E-state index in [1.807, 2.05) is 26.0 Å². The van der Waals surface area contributed by atoms with E-state index in [9.17, 15) is 14.4 Å². The zero-order valence-corrected chi connectivity index (χ0v) is 23.3. The van der Waals surface area contributed by atoms with Crippen LogP contribution in [0.15, 0.2) is 40.9 Å². The van der Waals surface area contributed by atoms with Crippen LogP contribution in [-0.2, 0) is 14.3 Å². The van der Waals surface area contributed by atoms with E-state index in [1.54, 1.807) is 24.3 Å². The van der Waals surface area contributed by atoms with E-state index in [2.05, 4.69) is 33.5 Å². The summed E-state index contributed by atoms with van der Waals surface area (Å²) in [7, 11) is 0. The predicted molar refractivity (Wildman–Crippen MR) is 149 cm³/mol. The molecule has 0 bridgehead atoms.